The fourth-order valence-electron chi connectivity index (χ4n) is 13.0. The summed E-state index contributed by atoms with van der Waals surface area (Å²) in [6.07, 6.45) is 13.8. The van der Waals surface area contributed by atoms with Crippen molar-refractivity contribution in [1.82, 2.24) is 14.7 Å². The van der Waals surface area contributed by atoms with Crippen molar-refractivity contribution in [3.05, 3.63) is 58.0 Å². The minimum Gasteiger partial charge on any atom is -0.505 e. The van der Waals surface area contributed by atoms with Gasteiger partial charge in [-0.1, -0.05) is 66.2 Å². The molecule has 8 atom stereocenters. The third kappa shape index (κ3) is 11.4. The summed E-state index contributed by atoms with van der Waals surface area (Å²) in [5, 5.41) is 16.6. The second-order valence-corrected chi connectivity index (χ2v) is 23.0. The number of ether oxygens (including phenoxy) is 6. The highest BCUT2D eigenvalue weighted by molar-refractivity contribution is 6.19. The molecule has 2 amide bonds. The van der Waals surface area contributed by atoms with Crippen LogP contribution in [0.3, 0.4) is 0 Å². The number of allylic oxidation sites excluding steroid dienone is 3. The Morgan fingerprint density at radius 3 is 2.18 bits per heavy atom. The van der Waals surface area contributed by atoms with Crippen molar-refractivity contribution in [3.8, 4) is 17.2 Å². The molecule has 0 radical (unpaired) electrons. The van der Waals surface area contributed by atoms with Gasteiger partial charge in [0.2, 0.25) is 5.91 Å². The lowest BCUT2D eigenvalue weighted by atomic mass is 9.78. The van der Waals surface area contributed by atoms with Crippen LogP contribution in [0.1, 0.15) is 129 Å². The number of rotatable bonds is 9. The Morgan fingerprint density at radius 2 is 1.54 bits per heavy atom. The van der Waals surface area contributed by atoms with E-state index in [1.807, 2.05) is 39.8 Å². The van der Waals surface area contributed by atoms with Gasteiger partial charge in [0.1, 0.15) is 35.1 Å². The number of anilines is 1. The largest absolute Gasteiger partial charge is 0.505 e. The Labute approximate surface area is 449 Å². The molecule has 3 fully saturated rings. The van der Waals surface area contributed by atoms with Gasteiger partial charge in [-0.25, -0.2) is 0 Å². The number of ketones is 1. The molecule has 2 N–H and O–H groups in total. The molecule has 6 heterocycles. The van der Waals surface area contributed by atoms with Crippen LogP contribution in [0, 0.1) is 36.5 Å². The second kappa shape index (κ2) is 23.7. The zero-order valence-corrected chi connectivity index (χ0v) is 47.2. The van der Waals surface area contributed by atoms with Crippen LogP contribution in [-0.2, 0) is 33.3 Å². The fraction of sp³-hybridized carbons (Fsp3) is 0.661. The number of fused-ring (bicyclic) bond motifs is 1. The van der Waals surface area contributed by atoms with E-state index in [4.69, 9.17) is 38.4 Å². The van der Waals surface area contributed by atoms with Crippen molar-refractivity contribution in [2.75, 3.05) is 72.5 Å². The SMILES string of the molecule is COc1c(C)c2c3c4c5c(c(c(O)c14)NC(=O)/C(C)=C\C=C\[C@H](C)[C@H](OC)[C@@H](C)[C@@H](OC)[C@@H](C)[C@H](OC(=O)CC(=O)N1CCC(N4CCCCC4)CC1)[C@H](C)C/C=C/O[C@@](C)(O2)C3=O)=NC1(CCN(CC(C)C)CC1)N=5. The number of carbonyl (C=O) groups is 4. The molecule has 6 aliphatic heterocycles. The van der Waals surface area contributed by atoms with Crippen molar-refractivity contribution in [2.45, 2.75) is 156 Å². The summed E-state index contributed by atoms with van der Waals surface area (Å²) in [4.78, 5) is 74.4. The Morgan fingerprint density at radius 1 is 0.882 bits per heavy atom. The van der Waals surface area contributed by atoms with Crippen LogP contribution < -0.4 is 25.5 Å². The summed E-state index contributed by atoms with van der Waals surface area (Å²) in [6, 6.07) is 0.462. The number of hydrogen-bond donors (Lipinski definition) is 2. The van der Waals surface area contributed by atoms with E-state index in [9.17, 15) is 19.5 Å². The molecule has 76 heavy (non-hydrogen) atoms. The highest BCUT2D eigenvalue weighted by atomic mass is 16.7. The van der Waals surface area contributed by atoms with E-state index in [1.165, 1.54) is 32.6 Å². The number of aromatic hydroxyl groups is 1. The minimum absolute atomic E-state index is 0.0733. The molecule has 4 bridgehead atoms. The number of hydrogen-bond acceptors (Lipinski definition) is 15. The highest BCUT2D eigenvalue weighted by Gasteiger charge is 2.50. The zero-order chi connectivity index (χ0) is 54.8. The first-order valence-corrected chi connectivity index (χ1v) is 27.9. The number of amides is 2. The molecule has 2 aromatic rings. The predicted octanol–water partition coefficient (Wildman–Crippen LogP) is 7.58. The Bertz CT molecular complexity index is 2730. The number of Topliss-reactive ketones (excluding diaryl/α,β-unsaturated/α-hetero) is 1. The Hall–Kier alpha value is -5.36. The topological polar surface area (TPSA) is 190 Å². The van der Waals surface area contributed by atoms with E-state index in [-0.39, 0.29) is 81.3 Å². The number of piperidine rings is 3. The standard InChI is InChI=1S/C59H84N6O11/c1-34(2)33-63-29-23-59(24-30-63)61-47-44-45-50(68)49(48(47)62-59)60-57(70)37(5)19-16-18-35(3)51(71-10)38(6)53(72-11)39(7)52(75-43(67)32-42(66)65-27-21-41(22-28-65)64-25-14-13-15-26-64)36(4)20-17-31-74-58(9)56(69)46(44)55(76-58)40(8)54(45)73-12/h16-19,31,34-36,38-39,41,51-53,68H,13-15,20-30,32-33H2,1-12H3,(H,60,70)/b18-16+,31-17+,37-19-/t35-,36+,38+,39-,51-,52+,53+,58-/m0/s1. The maximum absolute atomic E-state index is 15.1. The van der Waals surface area contributed by atoms with Crippen LogP contribution in [0.4, 0.5) is 5.69 Å². The number of phenols is 1. The first-order chi connectivity index (χ1) is 36.2. The molecule has 2 aromatic carbocycles. The van der Waals surface area contributed by atoms with Gasteiger partial charge in [0.05, 0.1) is 41.9 Å². The van der Waals surface area contributed by atoms with Gasteiger partial charge in [0.25, 0.3) is 11.7 Å². The van der Waals surface area contributed by atoms with E-state index in [0.717, 1.165) is 45.6 Å². The van der Waals surface area contributed by atoms with Crippen LogP contribution >= 0.6 is 0 Å². The lowest BCUT2D eigenvalue weighted by molar-refractivity contribution is -0.164. The lowest BCUT2D eigenvalue weighted by Gasteiger charge is -2.40. The lowest BCUT2D eigenvalue weighted by Crippen LogP contribution is -2.49. The Balaban J connectivity index is 1.15. The number of methoxy groups -OCH3 is 3. The molecule has 8 rings (SSSR count). The molecule has 0 unspecified atom stereocenters. The molecule has 0 aliphatic carbocycles. The summed E-state index contributed by atoms with van der Waals surface area (Å²) >= 11 is 0. The second-order valence-electron chi connectivity index (χ2n) is 23.0. The van der Waals surface area contributed by atoms with Crippen molar-refractivity contribution in [1.29, 1.82) is 0 Å². The van der Waals surface area contributed by atoms with Crippen LogP contribution in [0.5, 0.6) is 17.2 Å². The smallest absolute Gasteiger partial charge is 0.315 e. The van der Waals surface area contributed by atoms with Crippen molar-refractivity contribution in [2.24, 2.45) is 39.6 Å². The summed E-state index contributed by atoms with van der Waals surface area (Å²) in [5.74, 6) is -4.15. The van der Waals surface area contributed by atoms with Gasteiger partial charge in [0.15, 0.2) is 11.4 Å². The van der Waals surface area contributed by atoms with Crippen molar-refractivity contribution >= 4 is 40.0 Å². The van der Waals surface area contributed by atoms with Gasteiger partial charge in [-0.15, -0.1) is 0 Å². The molecular weight excluding hydrogens is 969 g/mol. The molecule has 3 saturated heterocycles. The number of carbonyl (C=O) groups excluding carboxylic acids is 4. The zero-order valence-electron chi connectivity index (χ0n) is 47.2. The summed E-state index contributed by atoms with van der Waals surface area (Å²) < 4.78 is 37.7. The van der Waals surface area contributed by atoms with Gasteiger partial charge in [-0.05, 0) is 77.0 Å². The van der Waals surface area contributed by atoms with E-state index in [2.05, 4.69) is 29.0 Å². The first kappa shape index (κ1) is 56.8. The molecule has 1 spiro atoms. The maximum Gasteiger partial charge on any atom is 0.315 e. The first-order valence-electron chi connectivity index (χ1n) is 27.9. The summed E-state index contributed by atoms with van der Waals surface area (Å²) in [6.45, 7) is 23.3. The number of likely N-dealkylation sites (tertiary alicyclic amines) is 3. The van der Waals surface area contributed by atoms with E-state index in [1.54, 1.807) is 52.0 Å². The van der Waals surface area contributed by atoms with Gasteiger partial charge in [-0.2, -0.15) is 0 Å². The van der Waals surface area contributed by atoms with Crippen LogP contribution in [0.15, 0.2) is 46.1 Å². The molecule has 17 nitrogen and oxygen atoms in total. The molecular formula is C59H84N6O11. The normalized spacial score (nSPS) is 30.5. The van der Waals surface area contributed by atoms with E-state index < -0.39 is 41.3 Å². The summed E-state index contributed by atoms with van der Waals surface area (Å²) in [7, 11) is 4.77. The average Bonchev–Trinajstić information content (AvgIpc) is 4.02. The highest BCUT2D eigenvalue weighted by Crippen LogP contribution is 2.50. The van der Waals surface area contributed by atoms with E-state index in [0.29, 0.717) is 66.2 Å². The third-order valence-corrected chi connectivity index (χ3v) is 17.1. The van der Waals surface area contributed by atoms with Crippen molar-refractivity contribution < 1.29 is 52.7 Å². The number of phenolic OH excluding ortho intramolecular Hbond substituents is 1. The average molecular weight is 1050 g/mol. The molecule has 0 aromatic heterocycles. The predicted molar refractivity (Wildman–Crippen MR) is 290 cm³/mol. The van der Waals surface area contributed by atoms with Crippen LogP contribution in [-0.4, -0.2) is 146 Å². The van der Waals surface area contributed by atoms with Gasteiger partial charge < -0.3 is 53.5 Å². The monoisotopic (exact) mass is 1050 g/mol. The number of benzene rings is 2. The van der Waals surface area contributed by atoms with Gasteiger partial charge in [-0.3, -0.25) is 29.2 Å². The van der Waals surface area contributed by atoms with E-state index >= 15 is 4.79 Å². The van der Waals surface area contributed by atoms with Gasteiger partial charge >= 0.3 is 11.8 Å². The molecule has 6 aliphatic rings. The summed E-state index contributed by atoms with van der Waals surface area (Å²) in [5.41, 5.74) is 0.124. The number of nitrogens with zero attached hydrogens (tertiary/aromatic N) is 5. The fourth-order valence-corrected chi connectivity index (χ4v) is 13.0. The maximum atomic E-state index is 15.1. The van der Waals surface area contributed by atoms with Crippen molar-refractivity contribution in [3.63, 3.8) is 0 Å². The molecule has 17 heteroatoms. The third-order valence-electron chi connectivity index (χ3n) is 17.1. The Kier molecular flexibility index (Phi) is 17.7. The number of nitrogens with one attached hydrogen (secondary N) is 1. The van der Waals surface area contributed by atoms with Crippen LogP contribution in [0.2, 0.25) is 0 Å². The number of esters is 1. The molecule has 416 valence electrons. The van der Waals surface area contributed by atoms with Gasteiger partial charge in [0, 0.05) is 107 Å². The minimum atomic E-state index is -1.86. The van der Waals surface area contributed by atoms with Crippen LogP contribution in [0.25, 0.3) is 10.8 Å². The quantitative estimate of drug-likeness (QED) is 0.142. The molecule has 0 saturated carbocycles.